The highest BCUT2D eigenvalue weighted by atomic mass is 32.2. The van der Waals surface area contributed by atoms with Crippen LogP contribution in [-0.2, 0) is 9.84 Å². The second kappa shape index (κ2) is 9.30. The SMILES string of the molecule is O=C(NC1CCS(=O)(=O)C1)c1ccc2c(-c3cccc(OC(F)F)c3)cn(-c3ccc(F)cn3)c2c1. The first-order valence-electron chi connectivity index (χ1n) is 11.0. The Hall–Kier alpha value is -3.86. The van der Waals surface area contributed by atoms with E-state index in [4.69, 9.17) is 0 Å². The van der Waals surface area contributed by atoms with Gasteiger partial charge in [-0.05, 0) is 48.4 Å². The van der Waals surface area contributed by atoms with Crippen molar-refractivity contribution in [1.29, 1.82) is 0 Å². The number of amides is 1. The van der Waals surface area contributed by atoms with Gasteiger partial charge in [0, 0.05) is 28.8 Å². The molecule has 0 aliphatic carbocycles. The molecule has 2 aromatic carbocycles. The van der Waals surface area contributed by atoms with E-state index in [-0.39, 0.29) is 17.3 Å². The van der Waals surface area contributed by atoms with Crippen LogP contribution in [0, 0.1) is 5.82 Å². The van der Waals surface area contributed by atoms with Crippen molar-refractivity contribution in [2.24, 2.45) is 0 Å². The summed E-state index contributed by atoms with van der Waals surface area (Å²) in [5, 5.41) is 3.46. The van der Waals surface area contributed by atoms with E-state index in [9.17, 15) is 26.4 Å². The number of hydrogen-bond donors (Lipinski definition) is 1. The Morgan fingerprint density at radius 3 is 2.67 bits per heavy atom. The molecule has 1 saturated heterocycles. The fourth-order valence-corrected chi connectivity index (χ4v) is 5.99. The highest BCUT2D eigenvalue weighted by Gasteiger charge is 2.29. The molecule has 1 aliphatic rings. The van der Waals surface area contributed by atoms with Crippen molar-refractivity contribution >= 4 is 26.6 Å². The first-order chi connectivity index (χ1) is 17.2. The highest BCUT2D eigenvalue weighted by molar-refractivity contribution is 7.91. The second-order valence-electron chi connectivity index (χ2n) is 8.46. The van der Waals surface area contributed by atoms with Crippen LogP contribution in [0.3, 0.4) is 0 Å². The van der Waals surface area contributed by atoms with Crippen LogP contribution in [-0.4, -0.2) is 48.0 Å². The summed E-state index contributed by atoms with van der Waals surface area (Å²) >= 11 is 0. The van der Waals surface area contributed by atoms with Gasteiger partial charge in [0.15, 0.2) is 9.84 Å². The van der Waals surface area contributed by atoms with Crippen LogP contribution in [0.15, 0.2) is 67.0 Å². The number of rotatable bonds is 6. The van der Waals surface area contributed by atoms with Gasteiger partial charge >= 0.3 is 6.61 Å². The Morgan fingerprint density at radius 2 is 1.97 bits per heavy atom. The summed E-state index contributed by atoms with van der Waals surface area (Å²) in [4.78, 5) is 17.0. The molecule has 1 fully saturated rings. The van der Waals surface area contributed by atoms with Gasteiger partial charge in [0.1, 0.15) is 17.4 Å². The number of nitrogens with one attached hydrogen (secondary N) is 1. The van der Waals surface area contributed by atoms with Gasteiger partial charge in [0.2, 0.25) is 0 Å². The van der Waals surface area contributed by atoms with E-state index in [0.717, 1.165) is 6.20 Å². The van der Waals surface area contributed by atoms with Crippen molar-refractivity contribution in [1.82, 2.24) is 14.9 Å². The number of halogens is 3. The van der Waals surface area contributed by atoms with E-state index in [1.807, 2.05) is 0 Å². The number of carbonyl (C=O) groups is 1. The van der Waals surface area contributed by atoms with Gasteiger partial charge in [0.25, 0.3) is 5.91 Å². The topological polar surface area (TPSA) is 90.3 Å². The summed E-state index contributed by atoms with van der Waals surface area (Å²) in [6.45, 7) is -2.97. The molecule has 11 heteroatoms. The van der Waals surface area contributed by atoms with Crippen molar-refractivity contribution < 1.29 is 31.1 Å². The third kappa shape index (κ3) is 4.92. The monoisotopic (exact) mass is 515 g/mol. The van der Waals surface area contributed by atoms with Crippen molar-refractivity contribution in [3.05, 3.63) is 78.4 Å². The van der Waals surface area contributed by atoms with Crippen LogP contribution in [0.25, 0.3) is 27.8 Å². The lowest BCUT2D eigenvalue weighted by Crippen LogP contribution is -2.35. The molecule has 2 aromatic heterocycles. The van der Waals surface area contributed by atoms with Gasteiger partial charge in [0.05, 0.1) is 23.2 Å². The summed E-state index contributed by atoms with van der Waals surface area (Å²) in [6, 6.07) is 13.4. The average Bonchev–Trinajstić information content (AvgIpc) is 3.38. The van der Waals surface area contributed by atoms with Crippen LogP contribution in [0.5, 0.6) is 5.75 Å². The largest absolute Gasteiger partial charge is 0.435 e. The predicted molar refractivity (Wildman–Crippen MR) is 128 cm³/mol. The number of carbonyl (C=O) groups excluding carboxylic acids is 1. The summed E-state index contributed by atoms with van der Waals surface area (Å²) in [5.41, 5.74) is 2.11. The van der Waals surface area contributed by atoms with Crippen molar-refractivity contribution in [3.63, 3.8) is 0 Å². The Balaban J connectivity index is 1.58. The van der Waals surface area contributed by atoms with Crippen LogP contribution in [0.1, 0.15) is 16.8 Å². The quantitative estimate of drug-likeness (QED) is 0.413. The lowest BCUT2D eigenvalue weighted by molar-refractivity contribution is -0.0498. The van der Waals surface area contributed by atoms with E-state index < -0.39 is 34.2 Å². The molecule has 0 saturated carbocycles. The molecule has 0 bridgehead atoms. The van der Waals surface area contributed by atoms with Gasteiger partial charge in [-0.2, -0.15) is 8.78 Å². The minimum absolute atomic E-state index is 0.00850. The van der Waals surface area contributed by atoms with Crippen molar-refractivity contribution in [3.8, 4) is 22.7 Å². The van der Waals surface area contributed by atoms with E-state index in [1.54, 1.807) is 41.1 Å². The van der Waals surface area contributed by atoms with Gasteiger partial charge in [-0.1, -0.05) is 18.2 Å². The second-order valence-corrected chi connectivity index (χ2v) is 10.7. The van der Waals surface area contributed by atoms with Gasteiger partial charge in [-0.3, -0.25) is 4.79 Å². The number of fused-ring (bicyclic) bond motifs is 1. The number of benzene rings is 2. The van der Waals surface area contributed by atoms with Gasteiger partial charge < -0.3 is 14.6 Å². The molecule has 0 radical (unpaired) electrons. The molecule has 1 aliphatic heterocycles. The number of sulfone groups is 1. The van der Waals surface area contributed by atoms with Crippen molar-refractivity contribution in [2.45, 2.75) is 19.1 Å². The number of hydrogen-bond acceptors (Lipinski definition) is 5. The Bertz CT molecular complexity index is 1550. The smallest absolute Gasteiger partial charge is 0.387 e. The highest BCUT2D eigenvalue weighted by Crippen LogP contribution is 2.35. The van der Waals surface area contributed by atoms with Gasteiger partial charge in [-0.15, -0.1) is 0 Å². The average molecular weight is 516 g/mol. The summed E-state index contributed by atoms with van der Waals surface area (Å²) < 4.78 is 68.7. The molecule has 0 spiro atoms. The fraction of sp³-hybridized carbons (Fsp3) is 0.200. The number of aromatic nitrogens is 2. The molecular formula is C25H20F3N3O4S. The Morgan fingerprint density at radius 1 is 1.14 bits per heavy atom. The van der Waals surface area contributed by atoms with E-state index in [2.05, 4.69) is 15.0 Å². The third-order valence-electron chi connectivity index (χ3n) is 5.96. The zero-order chi connectivity index (χ0) is 25.4. The lowest BCUT2D eigenvalue weighted by atomic mass is 10.0. The van der Waals surface area contributed by atoms with Gasteiger partial charge in [-0.25, -0.2) is 17.8 Å². The van der Waals surface area contributed by atoms with Crippen LogP contribution in [0.4, 0.5) is 13.2 Å². The summed E-state index contributed by atoms with van der Waals surface area (Å²) in [6.07, 6.45) is 3.14. The molecule has 4 aromatic rings. The first kappa shape index (κ1) is 23.9. The molecule has 5 rings (SSSR count). The predicted octanol–water partition coefficient (Wildman–Crippen LogP) is 4.35. The molecular weight excluding hydrogens is 495 g/mol. The maximum atomic E-state index is 13.5. The zero-order valence-electron chi connectivity index (χ0n) is 18.7. The van der Waals surface area contributed by atoms with Crippen molar-refractivity contribution in [2.75, 3.05) is 11.5 Å². The Labute approximate surface area is 204 Å². The van der Waals surface area contributed by atoms with Crippen LogP contribution in [0.2, 0.25) is 0 Å². The molecule has 1 atom stereocenters. The maximum absolute atomic E-state index is 13.5. The molecule has 3 heterocycles. The zero-order valence-corrected chi connectivity index (χ0v) is 19.5. The normalized spacial score (nSPS) is 16.9. The van der Waals surface area contributed by atoms with Crippen LogP contribution >= 0.6 is 0 Å². The summed E-state index contributed by atoms with van der Waals surface area (Å²) in [5.74, 6) is -0.629. The molecule has 1 amide bonds. The minimum atomic E-state index is -3.16. The standard InChI is InChI=1S/C25H20F3N3O4S/c26-17-5-7-23(29-12-17)31-13-21(15-2-1-3-19(10-15)35-25(27)28)20-6-4-16(11-22(20)31)24(32)30-18-8-9-36(33,34)14-18/h1-7,10-13,18,25H,8-9,14H2,(H,30,32). The number of ether oxygens (including phenoxy) is 1. The Kier molecular flexibility index (Phi) is 6.17. The number of pyridine rings is 1. The number of alkyl halides is 2. The molecule has 1 unspecified atom stereocenters. The molecule has 36 heavy (non-hydrogen) atoms. The molecule has 1 N–H and O–H groups in total. The molecule has 7 nitrogen and oxygen atoms in total. The van der Waals surface area contributed by atoms with E-state index >= 15 is 0 Å². The third-order valence-corrected chi connectivity index (χ3v) is 7.73. The minimum Gasteiger partial charge on any atom is -0.435 e. The summed E-state index contributed by atoms with van der Waals surface area (Å²) in [7, 11) is -3.16. The lowest BCUT2D eigenvalue weighted by Gasteiger charge is -2.11. The van der Waals surface area contributed by atoms with Crippen LogP contribution < -0.4 is 10.1 Å². The van der Waals surface area contributed by atoms with E-state index in [0.29, 0.717) is 39.8 Å². The fourth-order valence-electron chi connectivity index (χ4n) is 4.32. The first-order valence-corrected chi connectivity index (χ1v) is 12.8. The number of nitrogens with zero attached hydrogens (tertiary/aromatic N) is 2. The maximum Gasteiger partial charge on any atom is 0.387 e. The molecule has 186 valence electrons. The van der Waals surface area contributed by atoms with E-state index in [1.165, 1.54) is 24.3 Å².